The monoisotopic (exact) mass is 1100 g/mol. The molecular weight excluding hydrogens is 961 g/mol. The van der Waals surface area contributed by atoms with Crippen molar-refractivity contribution in [1.29, 1.82) is 0 Å². The summed E-state index contributed by atoms with van der Waals surface area (Å²) in [6.45, 7) is 13.1. The van der Waals surface area contributed by atoms with Crippen molar-refractivity contribution < 1.29 is 10.2 Å². The molecule has 0 aliphatic rings. The minimum atomic E-state index is -0.738. The quantitative estimate of drug-likeness (QED) is 0.0362. The molecule has 464 valence electrons. The maximum Gasteiger partial charge on any atom is 0.106 e. The molecule has 0 rings (SSSR count). The Balaban J connectivity index is 5.49. The van der Waals surface area contributed by atoms with Gasteiger partial charge in [0.25, 0.3) is 0 Å². The maximum atomic E-state index is 11.8. The first-order chi connectivity index (χ1) is 39.2. The van der Waals surface area contributed by atoms with Gasteiger partial charge in [-0.1, -0.05) is 293 Å². The van der Waals surface area contributed by atoms with E-state index < -0.39 is 6.10 Å². The Bertz CT molecular complexity index is 1230. The van der Waals surface area contributed by atoms with Gasteiger partial charge < -0.3 is 10.2 Å². The first-order valence-corrected chi connectivity index (χ1v) is 35.8. The molecule has 0 radical (unpaired) electrons. The summed E-state index contributed by atoms with van der Waals surface area (Å²) in [5.41, 5.74) is 0. The van der Waals surface area contributed by atoms with Crippen molar-refractivity contribution in [2.24, 2.45) is 0 Å². The van der Waals surface area contributed by atoms with Gasteiger partial charge in [0.15, 0.2) is 0 Å². The third-order valence-corrected chi connectivity index (χ3v) is 16.5. The molecule has 4 nitrogen and oxygen atoms in total. The van der Waals surface area contributed by atoms with E-state index in [-0.39, 0.29) is 12.8 Å². The lowest BCUT2D eigenvalue weighted by atomic mass is 10.1. The highest BCUT2D eigenvalue weighted by Crippen LogP contribution is 2.21. The van der Waals surface area contributed by atoms with Gasteiger partial charge in [0.05, 0.1) is 12.8 Å². The lowest BCUT2D eigenvalue weighted by Gasteiger charge is -2.42. The average molecular weight is 1100 g/mol. The Labute approximate surface area is 497 Å². The van der Waals surface area contributed by atoms with Gasteiger partial charge in [-0.3, -0.25) is 9.80 Å². The molecule has 2 unspecified atom stereocenters. The minimum Gasteiger partial charge on any atom is -0.394 e. The summed E-state index contributed by atoms with van der Waals surface area (Å²) in [6, 6.07) is 0. The third-order valence-electron chi connectivity index (χ3n) is 16.5. The van der Waals surface area contributed by atoms with Crippen molar-refractivity contribution in [2.75, 3.05) is 32.8 Å². The molecule has 0 heterocycles. The van der Waals surface area contributed by atoms with Gasteiger partial charge in [-0.15, -0.1) is 0 Å². The van der Waals surface area contributed by atoms with E-state index in [4.69, 9.17) is 0 Å². The normalized spacial score (nSPS) is 13.4. The van der Waals surface area contributed by atoms with E-state index >= 15 is 0 Å². The topological polar surface area (TPSA) is 46.9 Å². The van der Waals surface area contributed by atoms with Crippen LogP contribution in [0.3, 0.4) is 0 Å². The number of hydrogen-bond acceptors (Lipinski definition) is 4. The van der Waals surface area contributed by atoms with Gasteiger partial charge in [0, 0.05) is 0 Å². The SMILES string of the molecule is CCCCC/C=C\C/C=C\CCCCCCCCN(CCCCCCCC/C=C\C/C=C\CCCCC)C(C(O)CO)N(CCCCCCCC/C=C\CCCCCCCC)CCCCCCCC/C=C\CCCCCCCC. The molecule has 0 aromatic heterocycles. The van der Waals surface area contributed by atoms with Gasteiger partial charge in [-0.25, -0.2) is 0 Å². The van der Waals surface area contributed by atoms with Crippen LogP contribution in [0.2, 0.25) is 0 Å². The first kappa shape index (κ1) is 77.3. The van der Waals surface area contributed by atoms with E-state index in [2.05, 4.69) is 110 Å². The summed E-state index contributed by atoms with van der Waals surface area (Å²) in [5, 5.41) is 22.6. The number of rotatable bonds is 66. The molecule has 79 heavy (non-hydrogen) atoms. The second-order valence-corrected chi connectivity index (χ2v) is 24.3. The number of nitrogens with zero attached hydrogens (tertiary/aromatic N) is 2. The lowest BCUT2D eigenvalue weighted by molar-refractivity contribution is -0.0697. The van der Waals surface area contributed by atoms with E-state index in [1.54, 1.807) is 0 Å². The van der Waals surface area contributed by atoms with Gasteiger partial charge in [-0.2, -0.15) is 0 Å². The highest BCUT2D eigenvalue weighted by atomic mass is 16.3. The third kappa shape index (κ3) is 59.3. The number of aliphatic hydroxyl groups excluding tert-OH is 2. The van der Waals surface area contributed by atoms with Crippen LogP contribution in [0.25, 0.3) is 0 Å². The fourth-order valence-corrected chi connectivity index (χ4v) is 11.3. The van der Waals surface area contributed by atoms with E-state index in [1.165, 1.54) is 321 Å². The van der Waals surface area contributed by atoms with Crippen LogP contribution < -0.4 is 0 Å². The molecule has 0 fully saturated rings. The zero-order valence-electron chi connectivity index (χ0n) is 54.2. The van der Waals surface area contributed by atoms with Crippen LogP contribution in [-0.4, -0.2) is 65.1 Å². The van der Waals surface area contributed by atoms with Crippen LogP contribution in [0.15, 0.2) is 72.9 Å². The van der Waals surface area contributed by atoms with Crippen molar-refractivity contribution in [1.82, 2.24) is 9.80 Å². The largest absolute Gasteiger partial charge is 0.394 e. The number of unbranched alkanes of at least 4 members (excludes halogenated alkanes) is 42. The van der Waals surface area contributed by atoms with Gasteiger partial charge in [-0.05, 0) is 167 Å². The molecule has 0 aliphatic heterocycles. The molecule has 0 bridgehead atoms. The van der Waals surface area contributed by atoms with Crippen LogP contribution in [0.5, 0.6) is 0 Å². The Morgan fingerprint density at radius 3 is 0.646 bits per heavy atom. The fraction of sp³-hybridized carbons (Fsp3) is 0.840. The highest BCUT2D eigenvalue weighted by molar-refractivity contribution is 4.94. The summed E-state index contributed by atoms with van der Waals surface area (Å²) in [6.07, 6.45) is 95.2. The predicted molar refractivity (Wildman–Crippen MR) is 358 cm³/mol. The number of hydrogen-bond donors (Lipinski definition) is 2. The van der Waals surface area contributed by atoms with Gasteiger partial charge in [0.1, 0.15) is 6.10 Å². The standard InChI is InChI=1S/C75H142N2O2/c1-5-9-13-17-21-25-29-33-37-41-45-49-53-57-61-65-69-76(70-66-62-58-54-50-46-42-38-34-30-26-22-18-14-10-6-2)75(74(79)73-78)77(71-67-63-59-55-51-47-43-39-35-31-27-23-19-15-11-7-3)72-68-64-60-56-52-48-44-40-36-32-28-24-20-16-12-8-4/h21-22,25-26,33-40,74-75,78-79H,5-20,23-24,27-32,41-73H2,1-4H3/b25-21-,26-22-,37-33-,38-34-,39-35-,40-36-. The molecule has 0 saturated carbocycles. The van der Waals surface area contributed by atoms with Crippen molar-refractivity contribution in [3.63, 3.8) is 0 Å². The Kier molecular flexibility index (Phi) is 67.3. The zero-order valence-corrected chi connectivity index (χ0v) is 54.2. The van der Waals surface area contributed by atoms with Crippen LogP contribution in [-0.2, 0) is 0 Å². The molecular formula is C75H142N2O2. The van der Waals surface area contributed by atoms with E-state index in [1.807, 2.05) is 0 Å². The molecule has 2 atom stereocenters. The Morgan fingerprint density at radius 2 is 0.418 bits per heavy atom. The second kappa shape index (κ2) is 68.8. The maximum absolute atomic E-state index is 11.8. The summed E-state index contributed by atoms with van der Waals surface area (Å²) in [5.74, 6) is 0. The summed E-state index contributed by atoms with van der Waals surface area (Å²) < 4.78 is 0. The fourth-order valence-electron chi connectivity index (χ4n) is 11.3. The smallest absolute Gasteiger partial charge is 0.106 e. The number of allylic oxidation sites excluding steroid dienone is 12. The van der Waals surface area contributed by atoms with Crippen LogP contribution >= 0.6 is 0 Å². The van der Waals surface area contributed by atoms with Crippen molar-refractivity contribution in [2.45, 2.75) is 374 Å². The zero-order chi connectivity index (χ0) is 57.1. The summed E-state index contributed by atoms with van der Waals surface area (Å²) in [7, 11) is 0. The van der Waals surface area contributed by atoms with Crippen molar-refractivity contribution in [3.8, 4) is 0 Å². The molecule has 0 amide bonds. The molecule has 2 N–H and O–H groups in total. The summed E-state index contributed by atoms with van der Waals surface area (Å²) in [4.78, 5) is 5.29. The molecule has 4 heteroatoms. The van der Waals surface area contributed by atoms with Crippen molar-refractivity contribution >= 4 is 0 Å². The highest BCUT2D eigenvalue weighted by Gasteiger charge is 2.31. The van der Waals surface area contributed by atoms with Crippen LogP contribution in [0.4, 0.5) is 0 Å². The molecule has 0 aromatic carbocycles. The average Bonchev–Trinajstić information content (AvgIpc) is 3.46. The molecule has 0 aromatic rings. The summed E-state index contributed by atoms with van der Waals surface area (Å²) >= 11 is 0. The van der Waals surface area contributed by atoms with E-state index in [0.717, 1.165) is 39.0 Å². The van der Waals surface area contributed by atoms with Crippen LogP contribution in [0.1, 0.15) is 362 Å². The van der Waals surface area contributed by atoms with E-state index in [0.29, 0.717) is 0 Å². The molecule has 0 aliphatic carbocycles. The molecule has 0 spiro atoms. The van der Waals surface area contributed by atoms with E-state index in [9.17, 15) is 10.2 Å². The predicted octanol–water partition coefficient (Wildman–Crippen LogP) is 24.0. The Morgan fingerprint density at radius 1 is 0.241 bits per heavy atom. The Hall–Kier alpha value is -1.72. The molecule has 0 saturated heterocycles. The lowest BCUT2D eigenvalue weighted by Crippen LogP contribution is -2.57. The van der Waals surface area contributed by atoms with Crippen LogP contribution in [0, 0.1) is 0 Å². The second-order valence-electron chi connectivity index (χ2n) is 24.3. The minimum absolute atomic E-state index is 0.104. The van der Waals surface area contributed by atoms with Crippen molar-refractivity contribution in [3.05, 3.63) is 72.9 Å². The van der Waals surface area contributed by atoms with Gasteiger partial charge in [0.2, 0.25) is 0 Å². The number of aliphatic hydroxyl groups is 2. The first-order valence-electron chi connectivity index (χ1n) is 35.8. The van der Waals surface area contributed by atoms with Gasteiger partial charge >= 0.3 is 0 Å².